The zero-order chi connectivity index (χ0) is 19.1. The fourth-order valence-corrected chi connectivity index (χ4v) is 2.59. The molecule has 0 saturated heterocycles. The minimum Gasteiger partial charge on any atom is -0.493 e. The summed E-state index contributed by atoms with van der Waals surface area (Å²) in [6.45, 7) is 0. The van der Waals surface area contributed by atoms with Gasteiger partial charge in [-0.2, -0.15) is 0 Å². The van der Waals surface area contributed by atoms with Gasteiger partial charge in [0.15, 0.2) is 11.5 Å². The molecule has 0 atom stereocenters. The molecule has 0 fully saturated rings. The van der Waals surface area contributed by atoms with Crippen molar-refractivity contribution in [2.45, 2.75) is 4.90 Å². The number of fused-ring (bicyclic) bond motifs is 1. The minimum atomic E-state index is -1.36. The molecule has 1 aromatic heterocycles. The molecule has 2 aromatic carbocycles. The smallest absolute Gasteiger partial charge is 0.488 e. The number of nitrogens with two attached hydrogens (primary N) is 1. The van der Waals surface area contributed by atoms with Crippen LogP contribution in [-0.4, -0.2) is 47.6 Å². The SMILES string of the molecule is COc1cc2ncnc(N)c2cc1OC.CSc1ccc(B(O)O)cc1. The van der Waals surface area contributed by atoms with Gasteiger partial charge in [0.1, 0.15) is 12.1 Å². The first-order valence-electron chi connectivity index (χ1n) is 7.62. The number of nitrogen functional groups attached to an aromatic ring is 1. The first-order chi connectivity index (χ1) is 12.5. The third-order valence-corrected chi connectivity index (χ3v) is 4.33. The lowest BCUT2D eigenvalue weighted by molar-refractivity contribution is 0.356. The van der Waals surface area contributed by atoms with Gasteiger partial charge in [-0.15, -0.1) is 11.8 Å². The van der Waals surface area contributed by atoms with Crippen molar-refractivity contribution >= 4 is 41.1 Å². The van der Waals surface area contributed by atoms with Crippen LogP contribution in [0.3, 0.4) is 0 Å². The first-order valence-corrected chi connectivity index (χ1v) is 8.85. The standard InChI is InChI=1S/C10H11N3O2.C7H9BO2S/c1-14-8-3-6-7(4-9(8)15-2)12-5-13-10(6)11;1-11-7-4-2-6(3-5-7)8(9)10/h3-5H,1-2H3,(H2,11,12,13);2-5,9-10H,1H3. The number of nitrogens with zero attached hydrogens (tertiary/aromatic N) is 2. The van der Waals surface area contributed by atoms with E-state index in [1.54, 1.807) is 50.2 Å². The number of benzene rings is 2. The van der Waals surface area contributed by atoms with Crippen molar-refractivity contribution in [2.24, 2.45) is 0 Å². The molecule has 0 unspecified atom stereocenters. The predicted octanol–water partition coefficient (Wildman–Crippen LogP) is 1.32. The Morgan fingerprint density at radius 1 is 1.00 bits per heavy atom. The second-order valence-corrected chi connectivity index (χ2v) is 6.01. The third-order valence-electron chi connectivity index (χ3n) is 3.59. The van der Waals surface area contributed by atoms with Crippen LogP contribution in [0.5, 0.6) is 11.5 Å². The topological polar surface area (TPSA) is 111 Å². The maximum absolute atomic E-state index is 8.74. The largest absolute Gasteiger partial charge is 0.493 e. The van der Waals surface area contributed by atoms with Crippen molar-refractivity contribution in [3.63, 3.8) is 0 Å². The Labute approximate surface area is 156 Å². The number of thioether (sulfide) groups is 1. The number of methoxy groups -OCH3 is 2. The molecule has 0 radical (unpaired) electrons. The Morgan fingerprint density at radius 3 is 2.15 bits per heavy atom. The molecule has 0 aliphatic rings. The van der Waals surface area contributed by atoms with Crippen molar-refractivity contribution in [2.75, 3.05) is 26.2 Å². The van der Waals surface area contributed by atoms with Gasteiger partial charge in [-0.05, 0) is 29.9 Å². The zero-order valence-electron chi connectivity index (χ0n) is 14.7. The molecule has 3 aromatic rings. The van der Waals surface area contributed by atoms with Gasteiger partial charge in [0.05, 0.1) is 19.7 Å². The third kappa shape index (κ3) is 4.78. The molecule has 9 heteroatoms. The summed E-state index contributed by atoms with van der Waals surface area (Å²) in [6.07, 6.45) is 3.40. The highest BCUT2D eigenvalue weighted by molar-refractivity contribution is 7.98. The second kappa shape index (κ2) is 9.28. The molecule has 26 heavy (non-hydrogen) atoms. The lowest BCUT2D eigenvalue weighted by Crippen LogP contribution is -2.29. The summed E-state index contributed by atoms with van der Waals surface area (Å²) in [5.74, 6) is 1.68. The lowest BCUT2D eigenvalue weighted by Gasteiger charge is -2.08. The fraction of sp³-hybridized carbons (Fsp3) is 0.176. The van der Waals surface area contributed by atoms with E-state index >= 15 is 0 Å². The van der Waals surface area contributed by atoms with E-state index in [1.165, 1.54) is 6.33 Å². The number of aromatic nitrogens is 2. The summed E-state index contributed by atoms with van der Waals surface area (Å²) >= 11 is 1.63. The number of anilines is 1. The maximum atomic E-state index is 8.74. The van der Waals surface area contributed by atoms with Crippen molar-refractivity contribution in [3.05, 3.63) is 42.7 Å². The first kappa shape index (κ1) is 19.8. The Morgan fingerprint density at radius 2 is 1.62 bits per heavy atom. The molecule has 4 N–H and O–H groups in total. The summed E-state index contributed by atoms with van der Waals surface area (Å²) in [4.78, 5) is 9.13. The van der Waals surface area contributed by atoms with Crippen molar-refractivity contribution < 1.29 is 19.5 Å². The summed E-state index contributed by atoms with van der Waals surface area (Å²) in [7, 11) is 1.80. The van der Waals surface area contributed by atoms with E-state index in [-0.39, 0.29) is 0 Å². The van der Waals surface area contributed by atoms with Crippen LogP contribution >= 0.6 is 11.8 Å². The summed E-state index contributed by atoms with van der Waals surface area (Å²) in [5, 5.41) is 18.2. The van der Waals surface area contributed by atoms with Gasteiger partial charge in [0, 0.05) is 16.3 Å². The van der Waals surface area contributed by atoms with Gasteiger partial charge in [0.25, 0.3) is 0 Å². The highest BCUT2D eigenvalue weighted by Crippen LogP contribution is 2.32. The Kier molecular flexibility index (Phi) is 7.08. The van der Waals surface area contributed by atoms with Crippen LogP contribution in [-0.2, 0) is 0 Å². The Hall–Kier alpha value is -2.49. The molecular formula is C17H20BN3O4S. The number of ether oxygens (including phenoxy) is 2. The van der Waals surface area contributed by atoms with E-state index in [2.05, 4.69) is 9.97 Å². The van der Waals surface area contributed by atoms with Crippen LogP contribution in [0.2, 0.25) is 0 Å². The molecule has 0 spiro atoms. The summed E-state index contributed by atoms with van der Waals surface area (Å²) in [5.41, 5.74) is 6.99. The van der Waals surface area contributed by atoms with Crippen molar-refractivity contribution in [1.82, 2.24) is 9.97 Å². The second-order valence-electron chi connectivity index (χ2n) is 5.13. The molecule has 0 saturated carbocycles. The van der Waals surface area contributed by atoms with E-state index in [0.29, 0.717) is 22.8 Å². The zero-order valence-corrected chi connectivity index (χ0v) is 15.5. The summed E-state index contributed by atoms with van der Waals surface area (Å²) < 4.78 is 10.3. The normalized spacial score (nSPS) is 10.0. The average molecular weight is 373 g/mol. The Balaban J connectivity index is 0.000000197. The van der Waals surface area contributed by atoms with Gasteiger partial charge < -0.3 is 25.3 Å². The molecular weight excluding hydrogens is 353 g/mol. The van der Waals surface area contributed by atoms with Crippen LogP contribution in [0.15, 0.2) is 47.6 Å². The molecule has 136 valence electrons. The van der Waals surface area contributed by atoms with Crippen molar-refractivity contribution in [1.29, 1.82) is 0 Å². The monoisotopic (exact) mass is 373 g/mol. The minimum absolute atomic E-state index is 0.431. The van der Waals surface area contributed by atoms with E-state index < -0.39 is 7.12 Å². The highest BCUT2D eigenvalue weighted by atomic mass is 32.2. The molecule has 0 aliphatic heterocycles. The maximum Gasteiger partial charge on any atom is 0.488 e. The van der Waals surface area contributed by atoms with Crippen LogP contribution in [0.25, 0.3) is 10.9 Å². The lowest BCUT2D eigenvalue weighted by atomic mass is 9.81. The van der Waals surface area contributed by atoms with Crippen LogP contribution in [0, 0.1) is 0 Å². The van der Waals surface area contributed by atoms with Gasteiger partial charge in [-0.3, -0.25) is 0 Å². The van der Waals surface area contributed by atoms with Gasteiger partial charge in [-0.1, -0.05) is 12.1 Å². The van der Waals surface area contributed by atoms with Gasteiger partial charge in [0.2, 0.25) is 0 Å². The van der Waals surface area contributed by atoms with Gasteiger partial charge in [-0.25, -0.2) is 9.97 Å². The summed E-state index contributed by atoms with van der Waals surface area (Å²) in [6, 6.07) is 10.7. The Bertz CT molecular complexity index is 863. The van der Waals surface area contributed by atoms with E-state index in [0.717, 1.165) is 15.8 Å². The van der Waals surface area contributed by atoms with E-state index in [9.17, 15) is 0 Å². The average Bonchev–Trinajstić information content (AvgIpc) is 2.67. The number of hydrogen-bond donors (Lipinski definition) is 3. The van der Waals surface area contributed by atoms with Crippen molar-refractivity contribution in [3.8, 4) is 11.5 Å². The van der Waals surface area contributed by atoms with Crippen LogP contribution in [0.4, 0.5) is 5.82 Å². The van der Waals surface area contributed by atoms with Crippen LogP contribution < -0.4 is 20.7 Å². The molecule has 3 rings (SSSR count). The molecule has 7 nitrogen and oxygen atoms in total. The predicted molar refractivity (Wildman–Crippen MR) is 105 cm³/mol. The molecule has 0 amide bonds. The fourth-order valence-electron chi connectivity index (χ4n) is 2.18. The number of hydrogen-bond acceptors (Lipinski definition) is 8. The molecule has 0 aliphatic carbocycles. The quantitative estimate of drug-likeness (QED) is 0.464. The van der Waals surface area contributed by atoms with Crippen LogP contribution in [0.1, 0.15) is 0 Å². The van der Waals surface area contributed by atoms with Gasteiger partial charge >= 0.3 is 7.12 Å². The number of rotatable bonds is 4. The molecule has 1 heterocycles. The molecule has 0 bridgehead atoms. The highest BCUT2D eigenvalue weighted by Gasteiger charge is 2.09. The van der Waals surface area contributed by atoms with E-state index in [4.69, 9.17) is 25.3 Å². The van der Waals surface area contributed by atoms with E-state index in [1.807, 2.05) is 18.4 Å².